The molecule has 0 saturated heterocycles. The molecule has 0 aliphatic heterocycles. The molecule has 3 aromatic rings. The van der Waals surface area contributed by atoms with Gasteiger partial charge in [-0.05, 0) is 56.7 Å². The standard InChI is InChI=1S/C21H18ClN3O4/c1-12-8-17(25(28)29)5-7-20(12)23-11-15-9-13(2)24(14(15)3)16-4-6-19(22)18(10-16)21(26)27/h4-11H,1-3H3,(H,26,27). The van der Waals surface area contributed by atoms with E-state index in [1.165, 1.54) is 18.2 Å². The van der Waals surface area contributed by atoms with E-state index in [-0.39, 0.29) is 16.3 Å². The lowest BCUT2D eigenvalue weighted by atomic mass is 10.2. The summed E-state index contributed by atoms with van der Waals surface area (Å²) in [6.45, 7) is 5.59. The number of carboxylic acid groups (broad SMARTS) is 1. The van der Waals surface area contributed by atoms with Gasteiger partial charge in [0.1, 0.15) is 0 Å². The summed E-state index contributed by atoms with van der Waals surface area (Å²) in [4.78, 5) is 26.3. The number of non-ortho nitro benzene ring substituents is 1. The Labute approximate surface area is 172 Å². The van der Waals surface area contributed by atoms with E-state index >= 15 is 0 Å². The number of rotatable bonds is 5. The van der Waals surface area contributed by atoms with E-state index in [1.807, 2.05) is 24.5 Å². The highest BCUT2D eigenvalue weighted by Crippen LogP contribution is 2.26. The van der Waals surface area contributed by atoms with E-state index in [9.17, 15) is 20.0 Å². The van der Waals surface area contributed by atoms with Gasteiger partial charge in [-0.15, -0.1) is 0 Å². The van der Waals surface area contributed by atoms with Gasteiger partial charge in [0, 0.05) is 41.0 Å². The van der Waals surface area contributed by atoms with Crippen LogP contribution in [0, 0.1) is 30.9 Å². The molecule has 7 nitrogen and oxygen atoms in total. The van der Waals surface area contributed by atoms with Crippen molar-refractivity contribution in [1.29, 1.82) is 0 Å². The topological polar surface area (TPSA) is 97.7 Å². The van der Waals surface area contributed by atoms with E-state index in [4.69, 9.17) is 11.6 Å². The molecule has 0 bridgehead atoms. The molecular formula is C21H18ClN3O4. The molecule has 0 spiro atoms. The van der Waals surface area contributed by atoms with E-state index in [1.54, 1.807) is 31.3 Å². The first-order chi connectivity index (χ1) is 13.7. The summed E-state index contributed by atoms with van der Waals surface area (Å²) in [6.07, 6.45) is 1.70. The second-order valence-electron chi connectivity index (χ2n) is 6.62. The predicted octanol–water partition coefficient (Wildman–Crippen LogP) is 5.41. The molecule has 0 aliphatic rings. The van der Waals surface area contributed by atoms with Gasteiger partial charge in [-0.1, -0.05) is 11.6 Å². The lowest BCUT2D eigenvalue weighted by Crippen LogP contribution is -2.03. The summed E-state index contributed by atoms with van der Waals surface area (Å²) >= 11 is 5.97. The number of hydrogen-bond donors (Lipinski definition) is 1. The third kappa shape index (κ3) is 4.05. The van der Waals surface area contributed by atoms with E-state index < -0.39 is 10.9 Å². The normalized spacial score (nSPS) is 11.2. The Bertz CT molecular complexity index is 1160. The number of aryl methyl sites for hydroxylation is 2. The minimum absolute atomic E-state index is 0.0246. The fraction of sp³-hybridized carbons (Fsp3) is 0.143. The molecule has 1 aromatic heterocycles. The zero-order chi connectivity index (χ0) is 21.3. The molecule has 0 aliphatic carbocycles. The third-order valence-corrected chi connectivity index (χ3v) is 4.97. The van der Waals surface area contributed by atoms with Gasteiger partial charge in [0.15, 0.2) is 0 Å². The maximum absolute atomic E-state index is 11.4. The van der Waals surface area contributed by atoms with Gasteiger partial charge in [-0.3, -0.25) is 15.1 Å². The number of benzene rings is 2. The lowest BCUT2D eigenvalue weighted by molar-refractivity contribution is -0.384. The average Bonchev–Trinajstić information content (AvgIpc) is 2.94. The van der Waals surface area contributed by atoms with Crippen LogP contribution in [0.5, 0.6) is 0 Å². The van der Waals surface area contributed by atoms with Crippen molar-refractivity contribution in [3.8, 4) is 5.69 Å². The van der Waals surface area contributed by atoms with Crippen molar-refractivity contribution in [2.75, 3.05) is 0 Å². The highest BCUT2D eigenvalue weighted by atomic mass is 35.5. The third-order valence-electron chi connectivity index (χ3n) is 4.64. The second-order valence-corrected chi connectivity index (χ2v) is 7.02. The van der Waals surface area contributed by atoms with Crippen LogP contribution in [0.1, 0.15) is 32.9 Å². The molecule has 148 valence electrons. The van der Waals surface area contributed by atoms with Gasteiger partial charge < -0.3 is 9.67 Å². The number of nitro benzene ring substituents is 1. The quantitative estimate of drug-likeness (QED) is 0.344. The first kappa shape index (κ1) is 20.3. The van der Waals surface area contributed by atoms with Gasteiger partial charge >= 0.3 is 5.97 Å². The Balaban J connectivity index is 1.99. The fourth-order valence-electron chi connectivity index (χ4n) is 3.17. The van der Waals surface area contributed by atoms with Crippen molar-refractivity contribution in [2.24, 2.45) is 4.99 Å². The minimum atomic E-state index is -1.09. The van der Waals surface area contributed by atoms with E-state index in [0.717, 1.165) is 17.0 Å². The number of nitrogens with zero attached hydrogens (tertiary/aromatic N) is 3. The highest BCUT2D eigenvalue weighted by molar-refractivity contribution is 6.33. The van der Waals surface area contributed by atoms with Crippen LogP contribution in [0.15, 0.2) is 47.5 Å². The van der Waals surface area contributed by atoms with Crippen LogP contribution in [-0.2, 0) is 0 Å². The van der Waals surface area contributed by atoms with Crippen molar-refractivity contribution in [3.63, 3.8) is 0 Å². The number of carbonyl (C=O) groups is 1. The molecule has 3 rings (SSSR count). The molecule has 29 heavy (non-hydrogen) atoms. The van der Waals surface area contributed by atoms with Crippen LogP contribution in [0.4, 0.5) is 11.4 Å². The minimum Gasteiger partial charge on any atom is -0.478 e. The first-order valence-corrected chi connectivity index (χ1v) is 9.08. The van der Waals surface area contributed by atoms with Crippen LogP contribution in [0.2, 0.25) is 5.02 Å². The van der Waals surface area contributed by atoms with E-state index in [2.05, 4.69) is 4.99 Å². The highest BCUT2D eigenvalue weighted by Gasteiger charge is 2.14. The summed E-state index contributed by atoms with van der Waals surface area (Å²) in [5.74, 6) is -1.09. The molecule has 0 unspecified atom stereocenters. The van der Waals surface area contributed by atoms with Crippen LogP contribution >= 0.6 is 11.6 Å². The molecule has 1 heterocycles. The first-order valence-electron chi connectivity index (χ1n) is 8.70. The second kappa shape index (κ2) is 7.89. The Morgan fingerprint density at radius 2 is 1.90 bits per heavy atom. The molecule has 0 radical (unpaired) electrons. The van der Waals surface area contributed by atoms with Crippen molar-refractivity contribution in [2.45, 2.75) is 20.8 Å². The predicted molar refractivity (Wildman–Crippen MR) is 112 cm³/mol. The van der Waals surface area contributed by atoms with Crippen molar-refractivity contribution in [1.82, 2.24) is 4.57 Å². The Morgan fingerprint density at radius 1 is 1.17 bits per heavy atom. The summed E-state index contributed by atoms with van der Waals surface area (Å²) in [7, 11) is 0. The van der Waals surface area contributed by atoms with Crippen LogP contribution in [0.3, 0.4) is 0 Å². The molecule has 0 atom stereocenters. The van der Waals surface area contributed by atoms with Gasteiger partial charge in [0.2, 0.25) is 0 Å². The Kier molecular flexibility index (Phi) is 5.52. The van der Waals surface area contributed by atoms with E-state index in [0.29, 0.717) is 16.9 Å². The number of aliphatic imine (C=N–C) groups is 1. The number of aromatic carboxylic acids is 1. The molecule has 1 N–H and O–H groups in total. The number of aromatic nitrogens is 1. The molecule has 0 fully saturated rings. The molecule has 0 saturated carbocycles. The maximum Gasteiger partial charge on any atom is 0.337 e. The van der Waals surface area contributed by atoms with Crippen molar-refractivity contribution >= 4 is 35.2 Å². The largest absolute Gasteiger partial charge is 0.478 e. The van der Waals surface area contributed by atoms with Crippen molar-refractivity contribution < 1.29 is 14.8 Å². The van der Waals surface area contributed by atoms with Crippen LogP contribution in [0.25, 0.3) is 5.69 Å². The summed E-state index contributed by atoms with van der Waals surface area (Å²) in [6, 6.07) is 11.3. The Hall–Kier alpha value is -3.45. The lowest BCUT2D eigenvalue weighted by Gasteiger charge is -2.11. The average molecular weight is 412 g/mol. The van der Waals surface area contributed by atoms with Gasteiger partial charge in [0.05, 0.1) is 21.2 Å². The molecule has 0 amide bonds. The number of nitro groups is 1. The monoisotopic (exact) mass is 411 g/mol. The summed E-state index contributed by atoms with van der Waals surface area (Å²) in [5.41, 5.74) is 4.73. The molecule has 8 heteroatoms. The number of carboxylic acids is 1. The van der Waals surface area contributed by atoms with Crippen LogP contribution in [-0.4, -0.2) is 26.8 Å². The number of halogens is 1. The number of hydrogen-bond acceptors (Lipinski definition) is 4. The smallest absolute Gasteiger partial charge is 0.337 e. The maximum atomic E-state index is 11.4. The zero-order valence-electron chi connectivity index (χ0n) is 16.0. The summed E-state index contributed by atoms with van der Waals surface area (Å²) in [5, 5.41) is 20.4. The van der Waals surface area contributed by atoms with Crippen molar-refractivity contribution in [3.05, 3.63) is 85.7 Å². The van der Waals surface area contributed by atoms with Gasteiger partial charge in [-0.25, -0.2) is 4.79 Å². The molecule has 2 aromatic carbocycles. The summed E-state index contributed by atoms with van der Waals surface area (Å²) < 4.78 is 1.92. The molecular weight excluding hydrogens is 394 g/mol. The van der Waals surface area contributed by atoms with Gasteiger partial charge in [0.25, 0.3) is 5.69 Å². The fourth-order valence-corrected chi connectivity index (χ4v) is 3.37. The van der Waals surface area contributed by atoms with Crippen LogP contribution < -0.4 is 0 Å². The van der Waals surface area contributed by atoms with Gasteiger partial charge in [-0.2, -0.15) is 0 Å². The SMILES string of the molecule is Cc1cc([N+](=O)[O-])ccc1N=Cc1cc(C)n(-c2ccc(Cl)c(C(=O)O)c2)c1C. The Morgan fingerprint density at radius 3 is 2.52 bits per heavy atom. The zero-order valence-corrected chi connectivity index (χ0v) is 16.8.